The monoisotopic (exact) mass is 194 g/mol. The fourth-order valence-corrected chi connectivity index (χ4v) is 2.68. The van der Waals surface area contributed by atoms with Crippen LogP contribution in [0.4, 0.5) is 5.69 Å². The third kappa shape index (κ3) is 1.18. The van der Waals surface area contributed by atoms with Gasteiger partial charge in [0, 0.05) is 7.05 Å². The molecule has 1 aliphatic heterocycles. The van der Waals surface area contributed by atoms with Gasteiger partial charge in [-0.15, -0.1) is 11.3 Å². The number of thiophene rings is 1. The van der Waals surface area contributed by atoms with Crippen LogP contribution in [0.25, 0.3) is 0 Å². The maximum Gasteiger partial charge on any atom is 0.102 e. The van der Waals surface area contributed by atoms with Crippen molar-refractivity contribution in [2.24, 2.45) is 4.99 Å². The topological polar surface area (TPSA) is 15.6 Å². The van der Waals surface area contributed by atoms with E-state index in [9.17, 15) is 0 Å². The van der Waals surface area contributed by atoms with Crippen LogP contribution in [0.3, 0.4) is 0 Å². The molecule has 0 radical (unpaired) electrons. The molecule has 70 valence electrons. The van der Waals surface area contributed by atoms with Gasteiger partial charge in [-0.3, -0.25) is 0 Å². The zero-order chi connectivity index (χ0) is 9.59. The first-order valence-electron chi connectivity index (χ1n) is 4.47. The number of amidine groups is 1. The van der Waals surface area contributed by atoms with E-state index in [2.05, 4.69) is 43.1 Å². The molecule has 2 heterocycles. The minimum absolute atomic E-state index is 0.478. The van der Waals surface area contributed by atoms with Crippen molar-refractivity contribution in [1.82, 2.24) is 4.90 Å². The van der Waals surface area contributed by atoms with E-state index in [1.54, 1.807) is 0 Å². The summed E-state index contributed by atoms with van der Waals surface area (Å²) in [5, 5.41) is 2.19. The minimum atomic E-state index is 0.478. The molecule has 0 aliphatic carbocycles. The van der Waals surface area contributed by atoms with E-state index < -0.39 is 0 Å². The molecule has 0 spiro atoms. The Morgan fingerprint density at radius 1 is 1.46 bits per heavy atom. The van der Waals surface area contributed by atoms with E-state index in [1.807, 2.05) is 11.3 Å². The Labute approximate surface area is 82.9 Å². The fourth-order valence-electron chi connectivity index (χ4n) is 1.59. The molecule has 1 aliphatic rings. The van der Waals surface area contributed by atoms with Crippen molar-refractivity contribution in [3.63, 3.8) is 0 Å². The summed E-state index contributed by atoms with van der Waals surface area (Å²) in [6, 6.07) is 0.478. The number of hydrogen-bond acceptors (Lipinski definition) is 3. The molecule has 1 aromatic rings. The van der Waals surface area contributed by atoms with Gasteiger partial charge < -0.3 is 4.90 Å². The van der Waals surface area contributed by atoms with Crippen molar-refractivity contribution in [2.45, 2.75) is 26.8 Å². The Bertz CT molecular complexity index is 365. The highest BCUT2D eigenvalue weighted by Crippen LogP contribution is 2.40. The number of rotatable bonds is 0. The summed E-state index contributed by atoms with van der Waals surface area (Å²) < 4.78 is 0. The predicted molar refractivity (Wildman–Crippen MR) is 58.0 cm³/mol. The van der Waals surface area contributed by atoms with Crippen LogP contribution in [0.2, 0.25) is 0 Å². The summed E-state index contributed by atoms with van der Waals surface area (Å²) in [4.78, 5) is 8.20. The average Bonchev–Trinajstić information content (AvgIpc) is 2.45. The number of aliphatic imine (C=N–C) groups is 1. The Kier molecular flexibility index (Phi) is 1.91. The van der Waals surface area contributed by atoms with E-state index in [0.29, 0.717) is 6.04 Å². The summed E-state index contributed by atoms with van der Waals surface area (Å²) in [6.45, 7) is 6.42. The zero-order valence-electron chi connectivity index (χ0n) is 8.46. The van der Waals surface area contributed by atoms with Crippen molar-refractivity contribution < 1.29 is 0 Å². The number of aryl methyl sites for hydroxylation is 1. The Balaban J connectivity index is 2.58. The Hall–Kier alpha value is -0.830. The molecular weight excluding hydrogens is 180 g/mol. The van der Waals surface area contributed by atoms with E-state index >= 15 is 0 Å². The molecule has 1 atom stereocenters. The standard InChI is InChI=1S/C10H14N2S/c1-6-5-13-10-7(2)12(4)8(3)11-9(6)10/h5,7H,1-4H3/t7-/m0/s1. The lowest BCUT2D eigenvalue weighted by atomic mass is 10.1. The molecule has 0 aromatic carbocycles. The van der Waals surface area contributed by atoms with Gasteiger partial charge in [0.25, 0.3) is 0 Å². The van der Waals surface area contributed by atoms with Crippen LogP contribution >= 0.6 is 11.3 Å². The lowest BCUT2D eigenvalue weighted by Gasteiger charge is -2.30. The van der Waals surface area contributed by atoms with Gasteiger partial charge in [-0.2, -0.15) is 0 Å². The molecule has 0 N–H and O–H groups in total. The predicted octanol–water partition coefficient (Wildman–Crippen LogP) is 3.11. The third-order valence-electron chi connectivity index (χ3n) is 2.71. The van der Waals surface area contributed by atoms with E-state index in [-0.39, 0.29) is 0 Å². The maximum absolute atomic E-state index is 4.59. The van der Waals surface area contributed by atoms with Gasteiger partial charge in [-0.05, 0) is 31.7 Å². The maximum atomic E-state index is 4.59. The second-order valence-electron chi connectivity index (χ2n) is 3.58. The Morgan fingerprint density at radius 3 is 2.85 bits per heavy atom. The van der Waals surface area contributed by atoms with Crippen LogP contribution in [0.15, 0.2) is 10.4 Å². The van der Waals surface area contributed by atoms with Crippen molar-refractivity contribution in [3.05, 3.63) is 15.8 Å². The average molecular weight is 194 g/mol. The molecule has 0 amide bonds. The van der Waals surface area contributed by atoms with E-state index in [0.717, 1.165) is 5.84 Å². The van der Waals surface area contributed by atoms with Crippen molar-refractivity contribution in [3.8, 4) is 0 Å². The molecule has 1 aromatic heterocycles. The van der Waals surface area contributed by atoms with Crippen molar-refractivity contribution in [2.75, 3.05) is 7.05 Å². The lowest BCUT2D eigenvalue weighted by Crippen LogP contribution is -2.29. The summed E-state index contributed by atoms with van der Waals surface area (Å²) >= 11 is 1.82. The highest BCUT2D eigenvalue weighted by molar-refractivity contribution is 7.10. The molecule has 2 nitrogen and oxygen atoms in total. The zero-order valence-corrected chi connectivity index (χ0v) is 9.27. The van der Waals surface area contributed by atoms with Gasteiger partial charge in [-0.1, -0.05) is 0 Å². The van der Waals surface area contributed by atoms with Crippen LogP contribution in [-0.4, -0.2) is 17.8 Å². The van der Waals surface area contributed by atoms with Crippen LogP contribution in [0.1, 0.15) is 30.3 Å². The highest BCUT2D eigenvalue weighted by atomic mass is 32.1. The van der Waals surface area contributed by atoms with Gasteiger partial charge in [0.05, 0.1) is 16.6 Å². The summed E-state index contributed by atoms with van der Waals surface area (Å²) in [5.74, 6) is 1.11. The minimum Gasteiger partial charge on any atom is -0.356 e. The molecular formula is C10H14N2S. The molecule has 0 saturated heterocycles. The van der Waals surface area contributed by atoms with Gasteiger partial charge in [0.2, 0.25) is 0 Å². The second-order valence-corrected chi connectivity index (χ2v) is 4.49. The van der Waals surface area contributed by atoms with Crippen LogP contribution < -0.4 is 0 Å². The van der Waals surface area contributed by atoms with Gasteiger partial charge in [0.15, 0.2) is 0 Å². The van der Waals surface area contributed by atoms with Crippen LogP contribution in [-0.2, 0) is 0 Å². The molecule has 0 saturated carbocycles. The fraction of sp³-hybridized carbons (Fsp3) is 0.500. The van der Waals surface area contributed by atoms with Gasteiger partial charge in [-0.25, -0.2) is 4.99 Å². The molecule has 0 unspecified atom stereocenters. The van der Waals surface area contributed by atoms with Gasteiger partial charge >= 0.3 is 0 Å². The second kappa shape index (κ2) is 2.84. The largest absolute Gasteiger partial charge is 0.356 e. The van der Waals surface area contributed by atoms with Gasteiger partial charge in [0.1, 0.15) is 5.84 Å². The molecule has 13 heavy (non-hydrogen) atoms. The first kappa shape index (κ1) is 8.75. The summed E-state index contributed by atoms with van der Waals surface area (Å²) in [7, 11) is 2.10. The summed E-state index contributed by atoms with van der Waals surface area (Å²) in [6.07, 6.45) is 0. The molecule has 0 fully saturated rings. The first-order valence-corrected chi connectivity index (χ1v) is 5.35. The SMILES string of the molecule is CC1=Nc2c(C)csc2[C@H](C)N1C. The smallest absolute Gasteiger partial charge is 0.102 e. The Morgan fingerprint density at radius 2 is 2.15 bits per heavy atom. The number of hydrogen-bond donors (Lipinski definition) is 0. The quantitative estimate of drug-likeness (QED) is 0.619. The van der Waals surface area contributed by atoms with Crippen LogP contribution in [0, 0.1) is 6.92 Å². The normalized spacial score (nSPS) is 21.4. The third-order valence-corrected chi connectivity index (χ3v) is 3.97. The molecule has 2 rings (SSSR count). The number of nitrogens with zero attached hydrogens (tertiary/aromatic N) is 2. The summed E-state index contributed by atoms with van der Waals surface area (Å²) in [5.41, 5.74) is 2.51. The van der Waals surface area contributed by atoms with Crippen LogP contribution in [0.5, 0.6) is 0 Å². The molecule has 0 bridgehead atoms. The molecule has 3 heteroatoms. The number of fused-ring (bicyclic) bond motifs is 1. The van der Waals surface area contributed by atoms with E-state index in [1.165, 1.54) is 16.1 Å². The highest BCUT2D eigenvalue weighted by Gasteiger charge is 2.23. The van der Waals surface area contributed by atoms with Crippen molar-refractivity contribution in [1.29, 1.82) is 0 Å². The van der Waals surface area contributed by atoms with E-state index in [4.69, 9.17) is 0 Å². The van der Waals surface area contributed by atoms with Crippen molar-refractivity contribution >= 4 is 22.9 Å². The lowest BCUT2D eigenvalue weighted by molar-refractivity contribution is 0.400. The first-order chi connectivity index (χ1) is 6.11.